The molecule has 0 aliphatic rings. The van der Waals surface area contributed by atoms with E-state index in [-0.39, 0.29) is 11.2 Å². The molecule has 0 spiro atoms. The van der Waals surface area contributed by atoms with E-state index < -0.39 is 0 Å². The van der Waals surface area contributed by atoms with Crippen molar-refractivity contribution in [1.29, 1.82) is 0 Å². The van der Waals surface area contributed by atoms with Gasteiger partial charge < -0.3 is 9.47 Å². The summed E-state index contributed by atoms with van der Waals surface area (Å²) >= 11 is 0. The number of rotatable bonds is 7. The third kappa shape index (κ3) is 12.4. The molecule has 0 rings (SSSR count). The Morgan fingerprint density at radius 1 is 0.667 bits per heavy atom. The van der Waals surface area contributed by atoms with E-state index in [1.54, 1.807) is 0 Å². The molecule has 0 aliphatic heterocycles. The van der Waals surface area contributed by atoms with Crippen molar-refractivity contribution in [2.24, 2.45) is 5.41 Å². The first-order valence-electron chi connectivity index (χ1n) is 7.19. The zero-order valence-electron chi connectivity index (χ0n) is 13.9. The Kier molecular flexibility index (Phi) is 6.87. The summed E-state index contributed by atoms with van der Waals surface area (Å²) < 4.78 is 11.7. The van der Waals surface area contributed by atoms with E-state index in [9.17, 15) is 0 Å². The molecule has 18 heavy (non-hydrogen) atoms. The minimum Gasteiger partial charge on any atom is -0.376 e. The fourth-order valence-corrected chi connectivity index (χ4v) is 2.26. The first-order chi connectivity index (χ1) is 7.91. The van der Waals surface area contributed by atoms with Crippen molar-refractivity contribution in [3.8, 4) is 0 Å². The number of hydrogen-bond donors (Lipinski definition) is 0. The summed E-state index contributed by atoms with van der Waals surface area (Å²) in [6.07, 6.45) is 3.23. The van der Waals surface area contributed by atoms with Crippen molar-refractivity contribution < 1.29 is 9.47 Å². The van der Waals surface area contributed by atoms with Crippen LogP contribution in [0.5, 0.6) is 0 Å². The lowest BCUT2D eigenvalue weighted by atomic mass is 9.84. The minimum absolute atomic E-state index is 0.0215. The highest BCUT2D eigenvalue weighted by molar-refractivity contribution is 4.76. The Bertz CT molecular complexity index is 218. The van der Waals surface area contributed by atoms with Crippen LogP contribution in [0.1, 0.15) is 74.7 Å². The first kappa shape index (κ1) is 17.9. The van der Waals surface area contributed by atoms with Gasteiger partial charge in [0.15, 0.2) is 0 Å². The molecule has 0 bridgehead atoms. The van der Waals surface area contributed by atoms with Crippen molar-refractivity contribution in [3.63, 3.8) is 0 Å². The second-order valence-corrected chi connectivity index (χ2v) is 8.01. The summed E-state index contributed by atoms with van der Waals surface area (Å²) in [5, 5.41) is 0. The highest BCUT2D eigenvalue weighted by atomic mass is 16.5. The number of ether oxygens (including phenoxy) is 2. The predicted molar refractivity (Wildman–Crippen MR) is 79.0 cm³/mol. The van der Waals surface area contributed by atoms with E-state index in [2.05, 4.69) is 55.4 Å². The lowest BCUT2D eigenvalue weighted by molar-refractivity contribution is -0.0503. The summed E-state index contributed by atoms with van der Waals surface area (Å²) in [7, 11) is 0. The second kappa shape index (κ2) is 6.91. The average molecular weight is 258 g/mol. The monoisotopic (exact) mass is 258 g/mol. The smallest absolute Gasteiger partial charge is 0.0631 e. The van der Waals surface area contributed by atoms with Gasteiger partial charge in [0.25, 0.3) is 0 Å². The molecule has 0 aromatic carbocycles. The van der Waals surface area contributed by atoms with Crippen LogP contribution in [-0.4, -0.2) is 24.4 Å². The van der Waals surface area contributed by atoms with Crippen molar-refractivity contribution in [1.82, 2.24) is 0 Å². The van der Waals surface area contributed by atoms with E-state index in [4.69, 9.17) is 9.47 Å². The van der Waals surface area contributed by atoms with Crippen LogP contribution in [-0.2, 0) is 9.47 Å². The predicted octanol–water partition coefficient (Wildman–Crippen LogP) is 4.81. The van der Waals surface area contributed by atoms with Crippen molar-refractivity contribution >= 4 is 0 Å². The molecular formula is C16H34O2. The Hall–Kier alpha value is -0.0800. The fourth-order valence-electron chi connectivity index (χ4n) is 2.26. The van der Waals surface area contributed by atoms with Gasteiger partial charge in [-0.15, -0.1) is 0 Å². The van der Waals surface area contributed by atoms with Gasteiger partial charge in [-0.3, -0.25) is 0 Å². The first-order valence-corrected chi connectivity index (χ1v) is 7.19. The zero-order valence-corrected chi connectivity index (χ0v) is 13.9. The van der Waals surface area contributed by atoms with Gasteiger partial charge in [-0.2, -0.15) is 0 Å². The van der Waals surface area contributed by atoms with E-state index in [0.717, 1.165) is 32.5 Å². The van der Waals surface area contributed by atoms with Gasteiger partial charge in [-0.25, -0.2) is 0 Å². The van der Waals surface area contributed by atoms with Crippen LogP contribution in [0.15, 0.2) is 0 Å². The van der Waals surface area contributed by atoms with Gasteiger partial charge in [0.2, 0.25) is 0 Å². The van der Waals surface area contributed by atoms with Crippen LogP contribution in [0.4, 0.5) is 0 Å². The Balaban J connectivity index is 3.66. The van der Waals surface area contributed by atoms with E-state index in [1.807, 2.05) is 0 Å². The molecule has 110 valence electrons. The van der Waals surface area contributed by atoms with Gasteiger partial charge >= 0.3 is 0 Å². The summed E-state index contributed by atoms with van der Waals surface area (Å²) in [5.41, 5.74) is 0.272. The second-order valence-electron chi connectivity index (χ2n) is 8.01. The molecule has 0 aliphatic carbocycles. The molecule has 0 aromatic rings. The maximum absolute atomic E-state index is 5.98. The molecule has 0 atom stereocenters. The molecule has 0 saturated carbocycles. The molecule has 0 aromatic heterocycles. The fraction of sp³-hybridized carbons (Fsp3) is 1.00. The maximum Gasteiger partial charge on any atom is 0.0631 e. The lowest BCUT2D eigenvalue weighted by Crippen LogP contribution is -2.30. The van der Waals surface area contributed by atoms with Crippen LogP contribution in [0.25, 0.3) is 0 Å². The Morgan fingerprint density at radius 2 is 1.11 bits per heavy atom. The third-order valence-corrected chi connectivity index (χ3v) is 2.52. The lowest BCUT2D eigenvalue weighted by Gasteiger charge is -2.32. The average Bonchev–Trinajstić information content (AvgIpc) is 2.04. The molecule has 0 unspecified atom stereocenters. The summed E-state index contributed by atoms with van der Waals surface area (Å²) in [6, 6.07) is 0. The minimum atomic E-state index is -0.0247. The van der Waals surface area contributed by atoms with E-state index in [1.165, 1.54) is 0 Å². The number of hydrogen-bond acceptors (Lipinski definition) is 2. The Labute approximate surface area is 114 Å². The zero-order chi connectivity index (χ0) is 14.4. The van der Waals surface area contributed by atoms with Gasteiger partial charge in [0, 0.05) is 13.2 Å². The molecule has 0 saturated heterocycles. The number of unbranched alkanes of at least 4 members (excludes halogenated alkanes) is 1. The van der Waals surface area contributed by atoms with Gasteiger partial charge in [0.05, 0.1) is 11.2 Å². The van der Waals surface area contributed by atoms with Gasteiger partial charge in [-0.1, -0.05) is 20.8 Å². The standard InChI is InChI=1S/C16H34O2/c1-14(2,3)13-16(7,8)18-12-10-9-11-17-15(4,5)6/h9-13H2,1-8H3. The summed E-state index contributed by atoms with van der Waals surface area (Å²) in [5.74, 6) is 0. The molecule has 0 amide bonds. The summed E-state index contributed by atoms with van der Waals surface area (Å²) in [4.78, 5) is 0. The molecule has 0 N–H and O–H groups in total. The van der Waals surface area contributed by atoms with Crippen molar-refractivity contribution in [3.05, 3.63) is 0 Å². The van der Waals surface area contributed by atoms with Crippen LogP contribution in [0.2, 0.25) is 0 Å². The highest BCUT2D eigenvalue weighted by Gasteiger charge is 2.25. The quantitative estimate of drug-likeness (QED) is 0.610. The highest BCUT2D eigenvalue weighted by Crippen LogP contribution is 2.29. The third-order valence-electron chi connectivity index (χ3n) is 2.52. The molecule has 2 nitrogen and oxygen atoms in total. The molecular weight excluding hydrogens is 224 g/mol. The topological polar surface area (TPSA) is 18.5 Å². The molecule has 0 fully saturated rings. The van der Waals surface area contributed by atoms with Crippen molar-refractivity contribution in [2.45, 2.75) is 85.9 Å². The SMILES string of the molecule is CC(C)(C)CC(C)(C)OCCCCOC(C)(C)C. The normalized spacial score (nSPS) is 14.0. The van der Waals surface area contributed by atoms with Crippen molar-refractivity contribution in [2.75, 3.05) is 13.2 Å². The van der Waals surface area contributed by atoms with Gasteiger partial charge in [0.1, 0.15) is 0 Å². The maximum atomic E-state index is 5.98. The van der Waals surface area contributed by atoms with E-state index >= 15 is 0 Å². The van der Waals surface area contributed by atoms with Crippen LogP contribution in [0.3, 0.4) is 0 Å². The van der Waals surface area contributed by atoms with E-state index in [0.29, 0.717) is 5.41 Å². The van der Waals surface area contributed by atoms with Crippen LogP contribution >= 0.6 is 0 Å². The van der Waals surface area contributed by atoms with Crippen LogP contribution < -0.4 is 0 Å². The molecule has 0 radical (unpaired) electrons. The largest absolute Gasteiger partial charge is 0.376 e. The Morgan fingerprint density at radius 3 is 1.50 bits per heavy atom. The molecule has 0 heterocycles. The van der Waals surface area contributed by atoms with Crippen LogP contribution in [0, 0.1) is 5.41 Å². The summed E-state index contributed by atoms with van der Waals surface area (Å²) in [6.45, 7) is 19.1. The molecule has 2 heteroatoms. The van der Waals surface area contributed by atoms with Gasteiger partial charge in [-0.05, 0) is 59.3 Å².